The van der Waals surface area contributed by atoms with Crippen molar-refractivity contribution in [2.45, 2.75) is 31.7 Å². The number of nitrogens with zero attached hydrogens (tertiary/aromatic N) is 5. The van der Waals surface area contributed by atoms with Gasteiger partial charge in [-0.3, -0.25) is 10.1 Å². The molecule has 7 nitrogen and oxygen atoms in total. The minimum absolute atomic E-state index is 0.173. The number of thiazole rings is 1. The molecule has 0 radical (unpaired) electrons. The van der Waals surface area contributed by atoms with Crippen molar-refractivity contribution in [2.24, 2.45) is 0 Å². The fourth-order valence-corrected chi connectivity index (χ4v) is 5.25. The molecule has 5 aromatic rings. The van der Waals surface area contributed by atoms with Crippen molar-refractivity contribution in [1.29, 1.82) is 0 Å². The van der Waals surface area contributed by atoms with E-state index < -0.39 is 0 Å². The van der Waals surface area contributed by atoms with Crippen molar-refractivity contribution in [2.75, 3.05) is 5.32 Å². The van der Waals surface area contributed by atoms with Gasteiger partial charge in [0.15, 0.2) is 5.13 Å². The van der Waals surface area contributed by atoms with Crippen molar-refractivity contribution in [1.82, 2.24) is 24.6 Å². The first-order valence-electron chi connectivity index (χ1n) is 10.1. The maximum atomic E-state index is 13.0. The normalized spacial score (nSPS) is 11.3. The number of hydrogen-bond donors (Lipinski definition) is 1. The summed E-state index contributed by atoms with van der Waals surface area (Å²) >= 11 is 2.96. The first-order chi connectivity index (χ1) is 15.5. The predicted molar refractivity (Wildman–Crippen MR) is 129 cm³/mol. The van der Waals surface area contributed by atoms with E-state index in [2.05, 4.69) is 31.4 Å². The van der Waals surface area contributed by atoms with Crippen LogP contribution in [-0.4, -0.2) is 30.5 Å². The maximum Gasteiger partial charge on any atom is 0.257 e. The van der Waals surface area contributed by atoms with Gasteiger partial charge in [-0.1, -0.05) is 47.4 Å². The molecule has 0 fully saturated rings. The first-order valence-corrected chi connectivity index (χ1v) is 11.9. The third-order valence-electron chi connectivity index (χ3n) is 4.98. The summed E-state index contributed by atoms with van der Waals surface area (Å²) in [5.74, 6) is 0.979. The van der Waals surface area contributed by atoms with Gasteiger partial charge in [0.25, 0.3) is 11.7 Å². The molecule has 1 N–H and O–H groups in total. The molecule has 9 heteroatoms. The Morgan fingerprint density at radius 2 is 1.91 bits per heavy atom. The zero-order valence-corrected chi connectivity index (χ0v) is 19.4. The molecule has 0 bridgehead atoms. The number of carbonyl (C=O) groups is 1. The van der Waals surface area contributed by atoms with E-state index in [0.29, 0.717) is 27.4 Å². The number of carbonyl (C=O) groups excluding carboxylic acids is 1. The SMILES string of the molecule is Cc1ccc2nc(NC(=O)c3ccccc3CSc3nc4nc(C)cc(C)n4n3)sc2c1. The first kappa shape index (κ1) is 20.6. The number of anilines is 1. The van der Waals surface area contributed by atoms with Gasteiger partial charge in [-0.25, -0.2) is 14.5 Å². The molecule has 0 spiro atoms. The molecule has 0 saturated heterocycles. The predicted octanol–water partition coefficient (Wildman–Crippen LogP) is 5.20. The standard InChI is InChI=1S/C23H20N6OS2/c1-13-8-9-18-19(10-13)32-22(25-18)26-20(30)17-7-5-4-6-16(17)12-31-23-27-21-24-14(2)11-15(3)29(21)28-23/h4-11H,12H2,1-3H3,(H,25,26,30). The van der Waals surface area contributed by atoms with Gasteiger partial charge in [0, 0.05) is 22.7 Å². The number of fused-ring (bicyclic) bond motifs is 2. The van der Waals surface area contributed by atoms with Gasteiger partial charge in [0.05, 0.1) is 10.2 Å². The van der Waals surface area contributed by atoms with Crippen LogP contribution in [0, 0.1) is 20.8 Å². The van der Waals surface area contributed by atoms with Gasteiger partial charge in [0.1, 0.15) is 0 Å². The van der Waals surface area contributed by atoms with Crippen LogP contribution >= 0.6 is 23.1 Å². The Kier molecular flexibility index (Phi) is 5.36. The monoisotopic (exact) mass is 460 g/mol. The molecule has 160 valence electrons. The quantitative estimate of drug-likeness (QED) is 0.363. The average molecular weight is 461 g/mol. The van der Waals surface area contributed by atoms with Crippen molar-refractivity contribution >= 4 is 50.1 Å². The summed E-state index contributed by atoms with van der Waals surface area (Å²) in [6.45, 7) is 5.96. The Bertz CT molecular complexity index is 1470. The summed E-state index contributed by atoms with van der Waals surface area (Å²) in [5, 5.41) is 8.72. The Morgan fingerprint density at radius 1 is 1.06 bits per heavy atom. The molecule has 5 rings (SSSR count). The minimum Gasteiger partial charge on any atom is -0.298 e. The van der Waals surface area contributed by atoms with E-state index in [0.717, 1.165) is 27.2 Å². The lowest BCUT2D eigenvalue weighted by Crippen LogP contribution is -2.13. The van der Waals surface area contributed by atoms with E-state index in [4.69, 9.17) is 0 Å². The molecular weight excluding hydrogens is 440 g/mol. The smallest absolute Gasteiger partial charge is 0.257 e. The van der Waals surface area contributed by atoms with Crippen molar-refractivity contribution in [3.63, 3.8) is 0 Å². The van der Waals surface area contributed by atoms with Crippen LogP contribution in [0.1, 0.15) is 32.9 Å². The van der Waals surface area contributed by atoms with Crippen molar-refractivity contribution in [3.8, 4) is 0 Å². The van der Waals surface area contributed by atoms with Gasteiger partial charge < -0.3 is 0 Å². The van der Waals surface area contributed by atoms with E-state index in [1.807, 2.05) is 63.2 Å². The van der Waals surface area contributed by atoms with Crippen LogP contribution in [-0.2, 0) is 5.75 Å². The Morgan fingerprint density at radius 3 is 2.78 bits per heavy atom. The van der Waals surface area contributed by atoms with E-state index in [1.54, 1.807) is 4.52 Å². The van der Waals surface area contributed by atoms with Crippen LogP contribution in [0.2, 0.25) is 0 Å². The van der Waals surface area contributed by atoms with Crippen LogP contribution in [0.3, 0.4) is 0 Å². The van der Waals surface area contributed by atoms with Gasteiger partial charge in [-0.15, -0.1) is 5.10 Å². The molecule has 0 aliphatic rings. The second-order valence-corrected chi connectivity index (χ2v) is 9.51. The molecule has 2 aromatic carbocycles. The van der Waals surface area contributed by atoms with E-state index in [9.17, 15) is 4.79 Å². The highest BCUT2D eigenvalue weighted by Gasteiger charge is 2.15. The minimum atomic E-state index is -0.173. The number of aryl methyl sites for hydroxylation is 3. The number of thioether (sulfide) groups is 1. The fraction of sp³-hybridized carbons (Fsp3) is 0.174. The molecule has 0 aliphatic heterocycles. The Hall–Kier alpha value is -3.30. The molecule has 3 aromatic heterocycles. The average Bonchev–Trinajstić information content (AvgIpc) is 3.35. The molecular formula is C23H20N6OS2. The summed E-state index contributed by atoms with van der Waals surface area (Å²) in [5.41, 5.74) is 5.47. The van der Waals surface area contributed by atoms with Crippen molar-refractivity contribution < 1.29 is 4.79 Å². The summed E-state index contributed by atoms with van der Waals surface area (Å²) < 4.78 is 2.80. The van der Waals surface area contributed by atoms with Gasteiger partial charge in [-0.05, 0) is 56.2 Å². The molecule has 1 amide bonds. The topological polar surface area (TPSA) is 85.1 Å². The largest absolute Gasteiger partial charge is 0.298 e. The molecule has 0 saturated carbocycles. The lowest BCUT2D eigenvalue weighted by atomic mass is 10.1. The second-order valence-electron chi connectivity index (χ2n) is 7.54. The van der Waals surface area contributed by atoms with E-state index in [-0.39, 0.29) is 5.91 Å². The van der Waals surface area contributed by atoms with Gasteiger partial charge in [-0.2, -0.15) is 4.98 Å². The van der Waals surface area contributed by atoms with Crippen LogP contribution in [0.25, 0.3) is 16.0 Å². The number of aromatic nitrogens is 5. The Balaban J connectivity index is 1.35. The van der Waals surface area contributed by atoms with Gasteiger partial charge in [0.2, 0.25) is 5.16 Å². The van der Waals surface area contributed by atoms with E-state index in [1.165, 1.54) is 28.7 Å². The molecule has 0 unspecified atom stereocenters. The summed E-state index contributed by atoms with van der Waals surface area (Å²) in [6.07, 6.45) is 0. The number of rotatable bonds is 5. The molecule has 0 aliphatic carbocycles. The molecule has 0 atom stereocenters. The number of nitrogens with one attached hydrogen (secondary N) is 1. The highest BCUT2D eigenvalue weighted by molar-refractivity contribution is 7.98. The second kappa shape index (κ2) is 8.33. The maximum absolute atomic E-state index is 13.0. The number of benzene rings is 2. The lowest BCUT2D eigenvalue weighted by molar-refractivity contribution is 0.102. The van der Waals surface area contributed by atoms with Gasteiger partial charge >= 0.3 is 0 Å². The third-order valence-corrected chi connectivity index (χ3v) is 6.80. The number of hydrogen-bond acceptors (Lipinski definition) is 7. The molecule has 32 heavy (non-hydrogen) atoms. The highest BCUT2D eigenvalue weighted by Crippen LogP contribution is 2.28. The number of amides is 1. The zero-order chi connectivity index (χ0) is 22.2. The van der Waals surface area contributed by atoms with Crippen LogP contribution in [0.5, 0.6) is 0 Å². The summed E-state index contributed by atoms with van der Waals surface area (Å²) in [4.78, 5) is 26.5. The fourth-order valence-electron chi connectivity index (χ4n) is 3.47. The summed E-state index contributed by atoms with van der Waals surface area (Å²) in [6, 6.07) is 15.6. The summed E-state index contributed by atoms with van der Waals surface area (Å²) in [7, 11) is 0. The Labute approximate surface area is 192 Å². The zero-order valence-electron chi connectivity index (χ0n) is 17.8. The highest BCUT2D eigenvalue weighted by atomic mass is 32.2. The van der Waals surface area contributed by atoms with Crippen LogP contribution in [0.15, 0.2) is 53.7 Å². The third kappa shape index (κ3) is 4.09. The van der Waals surface area contributed by atoms with E-state index >= 15 is 0 Å². The van der Waals surface area contributed by atoms with Crippen molar-refractivity contribution in [3.05, 3.63) is 76.6 Å². The van der Waals surface area contributed by atoms with Crippen LogP contribution in [0.4, 0.5) is 5.13 Å². The molecule has 3 heterocycles. The lowest BCUT2D eigenvalue weighted by Gasteiger charge is -2.07. The van der Waals surface area contributed by atoms with Crippen LogP contribution < -0.4 is 5.32 Å².